The van der Waals surface area contributed by atoms with Gasteiger partial charge in [-0.2, -0.15) is 0 Å². The number of carbonyl (C=O) groups is 1. The Hall–Kier alpha value is -2.90. The van der Waals surface area contributed by atoms with E-state index in [1.54, 1.807) is 19.9 Å². The van der Waals surface area contributed by atoms with Crippen LogP contribution in [0.4, 0.5) is 14.6 Å². The molecule has 1 aromatic heterocycles. The summed E-state index contributed by atoms with van der Waals surface area (Å²) in [5.74, 6) is -1.67. The quantitative estimate of drug-likeness (QED) is 0.743. The average molecular weight is 377 g/mol. The number of nitrogens with two attached hydrogens (primary N) is 2. The number of halogens is 2. The number of phenolic OH excluding ortho intramolecular Hbond substituents is 1. The maximum Gasteiger partial charge on any atom is 0.260 e. The fourth-order valence-corrected chi connectivity index (χ4v) is 3.62. The van der Waals surface area contributed by atoms with Crippen molar-refractivity contribution in [3.05, 3.63) is 50.8 Å². The minimum Gasteiger partial charge on any atom is -0.508 e. The molecule has 1 aromatic carbocycles. The monoisotopic (exact) mass is 377 g/mol. The summed E-state index contributed by atoms with van der Waals surface area (Å²) in [7, 11) is 0. The Kier molecular flexibility index (Phi) is 4.67. The van der Waals surface area contributed by atoms with Crippen LogP contribution in [0, 0.1) is 19.8 Å². The van der Waals surface area contributed by atoms with Crippen molar-refractivity contribution in [3.63, 3.8) is 0 Å². The van der Waals surface area contributed by atoms with Crippen molar-refractivity contribution in [3.8, 4) is 11.4 Å². The predicted molar refractivity (Wildman–Crippen MR) is 97.6 cm³/mol. The van der Waals surface area contributed by atoms with Crippen LogP contribution in [0.3, 0.4) is 0 Å². The van der Waals surface area contributed by atoms with E-state index in [0.29, 0.717) is 23.2 Å². The molecule has 1 aliphatic carbocycles. The molecule has 1 fully saturated rings. The number of aryl methyl sites for hydroxylation is 1. The molecule has 0 spiro atoms. The van der Waals surface area contributed by atoms with Gasteiger partial charge in [-0.1, -0.05) is 6.07 Å². The number of anilines is 1. The van der Waals surface area contributed by atoms with Crippen LogP contribution < -0.4 is 17.0 Å². The van der Waals surface area contributed by atoms with Crippen LogP contribution in [0.1, 0.15) is 45.8 Å². The van der Waals surface area contributed by atoms with E-state index in [2.05, 4.69) is 0 Å². The first-order valence-electron chi connectivity index (χ1n) is 8.56. The van der Waals surface area contributed by atoms with E-state index in [1.165, 1.54) is 12.1 Å². The number of pyridine rings is 1. The van der Waals surface area contributed by atoms with Gasteiger partial charge in [0.15, 0.2) is 0 Å². The maximum atomic E-state index is 13.2. The number of nitrogens with zero attached hydrogens (tertiary/aromatic N) is 1. The molecule has 27 heavy (non-hydrogen) atoms. The third-order valence-corrected chi connectivity index (χ3v) is 5.16. The lowest BCUT2D eigenvalue weighted by atomic mass is 10.0. The molecule has 6 nitrogen and oxygen atoms in total. The van der Waals surface area contributed by atoms with Gasteiger partial charge >= 0.3 is 0 Å². The molecule has 1 heterocycles. The van der Waals surface area contributed by atoms with E-state index in [-0.39, 0.29) is 41.0 Å². The third kappa shape index (κ3) is 3.27. The van der Waals surface area contributed by atoms with Crippen molar-refractivity contribution in [1.82, 2.24) is 4.57 Å². The molecule has 0 aliphatic heterocycles. The van der Waals surface area contributed by atoms with Gasteiger partial charge in [0, 0.05) is 17.5 Å². The molecule has 1 aliphatic rings. The minimum absolute atomic E-state index is 0.0325. The van der Waals surface area contributed by atoms with Crippen LogP contribution in [0.2, 0.25) is 0 Å². The molecule has 0 bridgehead atoms. The highest BCUT2D eigenvalue weighted by atomic mass is 19.3. The van der Waals surface area contributed by atoms with Crippen molar-refractivity contribution in [2.45, 2.75) is 39.0 Å². The maximum absolute atomic E-state index is 13.2. The zero-order chi connectivity index (χ0) is 20.0. The Morgan fingerprint density at radius 1 is 1.37 bits per heavy atom. The Balaban J connectivity index is 2.25. The highest BCUT2D eigenvalue weighted by molar-refractivity contribution is 5.97. The van der Waals surface area contributed by atoms with E-state index in [4.69, 9.17) is 11.5 Å². The van der Waals surface area contributed by atoms with Crippen LogP contribution in [-0.2, 0) is 0 Å². The summed E-state index contributed by atoms with van der Waals surface area (Å²) in [6, 6.07) is 4.44. The van der Waals surface area contributed by atoms with E-state index in [1.807, 2.05) is 0 Å². The number of rotatable bonds is 5. The molecule has 3 rings (SSSR count). The lowest BCUT2D eigenvalue weighted by molar-refractivity contribution is 0.1000. The van der Waals surface area contributed by atoms with Gasteiger partial charge in [-0.05, 0) is 49.8 Å². The van der Waals surface area contributed by atoms with Gasteiger partial charge in [0.05, 0.1) is 11.3 Å². The van der Waals surface area contributed by atoms with Crippen molar-refractivity contribution in [2.75, 3.05) is 5.73 Å². The molecular formula is C19H21F2N3O3. The van der Waals surface area contributed by atoms with Gasteiger partial charge < -0.3 is 16.6 Å². The van der Waals surface area contributed by atoms with Crippen LogP contribution in [0.5, 0.6) is 5.75 Å². The van der Waals surface area contributed by atoms with E-state index >= 15 is 0 Å². The Morgan fingerprint density at radius 2 is 2.04 bits per heavy atom. The number of alkyl halides is 2. The van der Waals surface area contributed by atoms with Crippen molar-refractivity contribution in [1.29, 1.82) is 0 Å². The lowest BCUT2D eigenvalue weighted by Gasteiger charge is -2.19. The fraction of sp³-hybridized carbons (Fsp3) is 0.368. The lowest BCUT2D eigenvalue weighted by Crippen LogP contribution is -2.29. The number of hydrogen-bond donors (Lipinski definition) is 3. The molecule has 0 radical (unpaired) electrons. The molecule has 1 saturated carbocycles. The number of hydrogen-bond acceptors (Lipinski definition) is 4. The molecule has 2 atom stereocenters. The Bertz CT molecular complexity index is 985. The second kappa shape index (κ2) is 6.68. The molecular weight excluding hydrogens is 356 g/mol. The summed E-state index contributed by atoms with van der Waals surface area (Å²) in [6.07, 6.45) is -2.31. The number of amides is 1. The fourth-order valence-electron chi connectivity index (χ4n) is 3.62. The van der Waals surface area contributed by atoms with Gasteiger partial charge in [-0.15, -0.1) is 0 Å². The first-order chi connectivity index (χ1) is 12.6. The van der Waals surface area contributed by atoms with Gasteiger partial charge in [-0.25, -0.2) is 8.78 Å². The van der Waals surface area contributed by atoms with Gasteiger partial charge in [0.25, 0.3) is 11.5 Å². The number of aromatic hydroxyl groups is 1. The SMILES string of the molecule is Cc1ccc(O)c(C)c1-n1c(N)c(C(N)=O)cc(C2CC2CC(F)F)c1=O. The van der Waals surface area contributed by atoms with Crippen molar-refractivity contribution < 1.29 is 18.7 Å². The van der Waals surface area contributed by atoms with E-state index < -0.39 is 17.9 Å². The summed E-state index contributed by atoms with van der Waals surface area (Å²) in [6.45, 7) is 3.36. The molecule has 0 saturated heterocycles. The third-order valence-electron chi connectivity index (χ3n) is 5.16. The molecule has 5 N–H and O–H groups in total. The molecule has 1 amide bonds. The van der Waals surface area contributed by atoms with Crippen molar-refractivity contribution in [2.24, 2.45) is 11.7 Å². The Morgan fingerprint density at radius 3 is 2.63 bits per heavy atom. The minimum atomic E-state index is -2.46. The summed E-state index contributed by atoms with van der Waals surface area (Å²) in [4.78, 5) is 25.0. The normalized spacial score (nSPS) is 18.7. The Labute approximate surface area is 154 Å². The zero-order valence-corrected chi connectivity index (χ0v) is 15.0. The van der Waals surface area contributed by atoms with Crippen LogP contribution in [0.15, 0.2) is 23.0 Å². The number of primary amides is 1. The molecule has 8 heteroatoms. The van der Waals surface area contributed by atoms with Gasteiger partial charge in [0.2, 0.25) is 6.43 Å². The second-order valence-corrected chi connectivity index (χ2v) is 7.01. The van der Waals surface area contributed by atoms with E-state index in [9.17, 15) is 23.5 Å². The highest BCUT2D eigenvalue weighted by Crippen LogP contribution is 2.50. The van der Waals surface area contributed by atoms with Crippen molar-refractivity contribution >= 4 is 11.7 Å². The predicted octanol–water partition coefficient (Wildman–Crippen LogP) is 2.60. The first-order valence-corrected chi connectivity index (χ1v) is 8.56. The number of carbonyl (C=O) groups excluding carboxylic acids is 1. The number of phenols is 1. The number of benzene rings is 1. The summed E-state index contributed by atoms with van der Waals surface area (Å²) in [5, 5.41) is 10.0. The van der Waals surface area contributed by atoms with Crippen LogP contribution in [0.25, 0.3) is 5.69 Å². The van der Waals surface area contributed by atoms with E-state index in [0.717, 1.165) is 4.57 Å². The largest absolute Gasteiger partial charge is 0.508 e. The smallest absolute Gasteiger partial charge is 0.260 e. The number of aromatic nitrogens is 1. The summed E-state index contributed by atoms with van der Waals surface area (Å²) >= 11 is 0. The standard InChI is InChI=1S/C19H21F2N3O3/c1-8-3-4-14(25)9(2)16(8)24-17(22)13(18(23)26)7-12(19(24)27)11-5-10(11)6-15(20)21/h3-4,7,10-11,15,25H,5-6,22H2,1-2H3,(H2,23,26). The molecule has 2 aromatic rings. The summed E-state index contributed by atoms with van der Waals surface area (Å²) < 4.78 is 26.5. The molecule has 144 valence electrons. The van der Waals surface area contributed by atoms with Gasteiger partial charge in [0.1, 0.15) is 11.6 Å². The van der Waals surface area contributed by atoms with Crippen LogP contribution in [-0.4, -0.2) is 22.0 Å². The first kappa shape index (κ1) is 18.9. The zero-order valence-electron chi connectivity index (χ0n) is 15.0. The summed E-state index contributed by atoms with van der Waals surface area (Å²) in [5.41, 5.74) is 12.6. The second-order valence-electron chi connectivity index (χ2n) is 7.01. The average Bonchev–Trinajstić information content (AvgIpc) is 3.32. The van der Waals surface area contributed by atoms with Gasteiger partial charge in [-0.3, -0.25) is 14.2 Å². The van der Waals surface area contributed by atoms with Crippen LogP contribution >= 0.6 is 0 Å². The molecule has 2 unspecified atom stereocenters. The highest BCUT2D eigenvalue weighted by Gasteiger charge is 2.42. The number of nitrogen functional groups attached to an aromatic ring is 1. The topological polar surface area (TPSA) is 111 Å².